The van der Waals surface area contributed by atoms with Crippen molar-refractivity contribution in [2.45, 2.75) is 19.9 Å². The normalized spacial score (nSPS) is 12.2. The minimum atomic E-state index is -0.559. The molecular weight excluding hydrogens is 270 g/mol. The number of halogens is 2. The minimum absolute atomic E-state index is 0.0309. The van der Waals surface area contributed by atoms with Gasteiger partial charge in [-0.3, -0.25) is 0 Å². The predicted molar refractivity (Wildman–Crippen MR) is 82.4 cm³/mol. The molecule has 0 aliphatic rings. The smallest absolute Gasteiger partial charge is 0.131 e. The van der Waals surface area contributed by atoms with E-state index in [1.54, 1.807) is 0 Å². The van der Waals surface area contributed by atoms with Gasteiger partial charge in [-0.2, -0.15) is 0 Å². The van der Waals surface area contributed by atoms with Crippen molar-refractivity contribution in [3.8, 4) is 0 Å². The Labute approximate surface area is 124 Å². The van der Waals surface area contributed by atoms with Crippen molar-refractivity contribution in [2.24, 2.45) is 5.73 Å². The van der Waals surface area contributed by atoms with Crippen LogP contribution in [0.25, 0.3) is 0 Å². The van der Waals surface area contributed by atoms with Crippen LogP contribution in [0.5, 0.6) is 0 Å². The molecule has 21 heavy (non-hydrogen) atoms. The van der Waals surface area contributed by atoms with Gasteiger partial charge in [0, 0.05) is 24.3 Å². The molecule has 1 unspecified atom stereocenters. The highest BCUT2D eigenvalue weighted by Crippen LogP contribution is 2.30. The molecule has 2 aromatic carbocycles. The fraction of sp³-hybridized carbons (Fsp3) is 0.294. The van der Waals surface area contributed by atoms with E-state index in [1.165, 1.54) is 18.2 Å². The zero-order valence-electron chi connectivity index (χ0n) is 12.3. The van der Waals surface area contributed by atoms with Crippen LogP contribution in [-0.2, 0) is 0 Å². The van der Waals surface area contributed by atoms with Crippen LogP contribution in [0.1, 0.15) is 24.1 Å². The van der Waals surface area contributed by atoms with Crippen molar-refractivity contribution in [3.63, 3.8) is 0 Å². The summed E-state index contributed by atoms with van der Waals surface area (Å²) in [5, 5.41) is 0. The molecule has 0 aromatic heterocycles. The van der Waals surface area contributed by atoms with Crippen LogP contribution in [-0.4, -0.2) is 13.1 Å². The van der Waals surface area contributed by atoms with Crippen LogP contribution in [0.2, 0.25) is 0 Å². The van der Waals surface area contributed by atoms with Crippen LogP contribution in [0, 0.1) is 18.6 Å². The second-order valence-electron chi connectivity index (χ2n) is 5.01. The van der Waals surface area contributed by atoms with Gasteiger partial charge < -0.3 is 10.6 Å². The van der Waals surface area contributed by atoms with Gasteiger partial charge in [0.05, 0.1) is 6.04 Å². The molecule has 0 radical (unpaired) electrons. The number of nitrogens with zero attached hydrogens (tertiary/aromatic N) is 1. The number of aryl methyl sites for hydroxylation is 1. The van der Waals surface area contributed by atoms with Crippen molar-refractivity contribution >= 4 is 5.69 Å². The molecule has 0 amide bonds. The average Bonchev–Trinajstić information content (AvgIpc) is 2.46. The van der Waals surface area contributed by atoms with Gasteiger partial charge in [0.15, 0.2) is 0 Å². The highest BCUT2D eigenvalue weighted by molar-refractivity contribution is 5.51. The number of hydrogen-bond acceptors (Lipinski definition) is 2. The van der Waals surface area contributed by atoms with Crippen molar-refractivity contribution in [3.05, 3.63) is 65.2 Å². The summed E-state index contributed by atoms with van der Waals surface area (Å²) in [4.78, 5) is 1.93. The standard InChI is InChI=1S/C17H20F2N2/c1-3-21(13-7-4-6-12(2)10-13)16(11-20)17-14(18)8-5-9-15(17)19/h4-10,16H,3,11,20H2,1-2H3. The van der Waals surface area contributed by atoms with Crippen LogP contribution >= 0.6 is 0 Å². The Balaban J connectivity index is 2.48. The third kappa shape index (κ3) is 3.22. The van der Waals surface area contributed by atoms with E-state index in [1.807, 2.05) is 43.0 Å². The summed E-state index contributed by atoms with van der Waals surface area (Å²) in [6.45, 7) is 4.68. The van der Waals surface area contributed by atoms with Gasteiger partial charge in [0.2, 0.25) is 0 Å². The number of hydrogen-bond donors (Lipinski definition) is 1. The number of nitrogens with two attached hydrogens (primary N) is 1. The predicted octanol–water partition coefficient (Wildman–Crippen LogP) is 3.80. The van der Waals surface area contributed by atoms with E-state index in [0.717, 1.165) is 11.3 Å². The van der Waals surface area contributed by atoms with E-state index >= 15 is 0 Å². The molecule has 2 nitrogen and oxygen atoms in total. The summed E-state index contributed by atoms with van der Waals surface area (Å²) in [6.07, 6.45) is 0. The van der Waals surface area contributed by atoms with Gasteiger partial charge >= 0.3 is 0 Å². The summed E-state index contributed by atoms with van der Waals surface area (Å²) >= 11 is 0. The molecule has 1 atom stereocenters. The molecule has 112 valence electrons. The van der Waals surface area contributed by atoms with E-state index in [-0.39, 0.29) is 12.1 Å². The fourth-order valence-electron chi connectivity index (χ4n) is 2.62. The van der Waals surface area contributed by atoms with Crippen molar-refractivity contribution in [2.75, 3.05) is 18.0 Å². The van der Waals surface area contributed by atoms with Crippen molar-refractivity contribution in [1.82, 2.24) is 0 Å². The maximum Gasteiger partial charge on any atom is 0.131 e. The van der Waals surface area contributed by atoms with Crippen LogP contribution in [0.4, 0.5) is 14.5 Å². The minimum Gasteiger partial charge on any atom is -0.363 e. The lowest BCUT2D eigenvalue weighted by atomic mass is 10.0. The van der Waals surface area contributed by atoms with Crippen LogP contribution in [0.3, 0.4) is 0 Å². The van der Waals surface area contributed by atoms with Crippen LogP contribution < -0.4 is 10.6 Å². The zero-order chi connectivity index (χ0) is 15.4. The summed E-state index contributed by atoms with van der Waals surface area (Å²) in [6, 6.07) is 11.2. The molecular formula is C17H20F2N2. The molecule has 0 bridgehead atoms. The SMILES string of the molecule is CCN(c1cccc(C)c1)C(CN)c1c(F)cccc1F. The lowest BCUT2D eigenvalue weighted by Gasteiger charge is -2.33. The van der Waals surface area contributed by atoms with E-state index in [0.29, 0.717) is 6.54 Å². The Morgan fingerprint density at radius 2 is 1.71 bits per heavy atom. The first-order valence-corrected chi connectivity index (χ1v) is 7.05. The topological polar surface area (TPSA) is 29.3 Å². The second-order valence-corrected chi connectivity index (χ2v) is 5.01. The number of likely N-dealkylation sites (N-methyl/N-ethyl adjacent to an activating group) is 1. The van der Waals surface area contributed by atoms with Gasteiger partial charge in [-0.25, -0.2) is 8.78 Å². The molecule has 2 rings (SSSR count). The lowest BCUT2D eigenvalue weighted by molar-refractivity contribution is 0.512. The molecule has 4 heteroatoms. The Bertz CT molecular complexity index is 593. The average molecular weight is 290 g/mol. The molecule has 0 saturated heterocycles. The fourth-order valence-corrected chi connectivity index (χ4v) is 2.62. The second kappa shape index (κ2) is 6.68. The molecule has 0 aliphatic heterocycles. The first kappa shape index (κ1) is 15.4. The third-order valence-corrected chi connectivity index (χ3v) is 3.61. The largest absolute Gasteiger partial charge is 0.363 e. The highest BCUT2D eigenvalue weighted by atomic mass is 19.1. The van der Waals surface area contributed by atoms with Gasteiger partial charge in [0.1, 0.15) is 11.6 Å². The Morgan fingerprint density at radius 3 is 2.24 bits per heavy atom. The summed E-state index contributed by atoms with van der Waals surface area (Å²) in [5.41, 5.74) is 7.86. The molecule has 0 spiro atoms. The zero-order valence-corrected chi connectivity index (χ0v) is 12.3. The maximum atomic E-state index is 14.1. The quantitative estimate of drug-likeness (QED) is 0.907. The van der Waals surface area contributed by atoms with E-state index in [2.05, 4.69) is 0 Å². The summed E-state index contributed by atoms with van der Waals surface area (Å²) in [7, 11) is 0. The summed E-state index contributed by atoms with van der Waals surface area (Å²) in [5.74, 6) is -1.12. The van der Waals surface area contributed by atoms with Crippen molar-refractivity contribution in [1.29, 1.82) is 0 Å². The van der Waals surface area contributed by atoms with Gasteiger partial charge in [0.25, 0.3) is 0 Å². The lowest BCUT2D eigenvalue weighted by Crippen LogP contribution is -2.35. The molecule has 0 fully saturated rings. The molecule has 2 aromatic rings. The highest BCUT2D eigenvalue weighted by Gasteiger charge is 2.24. The number of rotatable bonds is 5. The molecule has 0 heterocycles. The van der Waals surface area contributed by atoms with Gasteiger partial charge in [-0.15, -0.1) is 0 Å². The van der Waals surface area contributed by atoms with Crippen LogP contribution in [0.15, 0.2) is 42.5 Å². The van der Waals surface area contributed by atoms with Crippen molar-refractivity contribution < 1.29 is 8.78 Å². The first-order valence-electron chi connectivity index (χ1n) is 7.05. The molecule has 0 aliphatic carbocycles. The third-order valence-electron chi connectivity index (χ3n) is 3.61. The van der Waals surface area contributed by atoms with Gasteiger partial charge in [-0.05, 0) is 43.7 Å². The maximum absolute atomic E-state index is 14.1. The summed E-state index contributed by atoms with van der Waals surface area (Å²) < 4.78 is 28.1. The Kier molecular flexibility index (Phi) is 4.91. The number of benzene rings is 2. The first-order chi connectivity index (χ1) is 10.1. The molecule has 2 N–H and O–H groups in total. The Morgan fingerprint density at radius 1 is 1.10 bits per heavy atom. The van der Waals surface area contributed by atoms with E-state index < -0.39 is 17.7 Å². The number of anilines is 1. The van der Waals surface area contributed by atoms with Gasteiger partial charge in [-0.1, -0.05) is 18.2 Å². The Hall–Kier alpha value is -1.94. The molecule has 0 saturated carbocycles. The van der Waals surface area contributed by atoms with E-state index in [9.17, 15) is 8.78 Å². The monoisotopic (exact) mass is 290 g/mol. The van der Waals surface area contributed by atoms with E-state index in [4.69, 9.17) is 5.73 Å².